The van der Waals surface area contributed by atoms with E-state index in [9.17, 15) is 41.4 Å². The van der Waals surface area contributed by atoms with Gasteiger partial charge in [0.2, 0.25) is 11.7 Å². The molecule has 15 heteroatoms. The Bertz CT molecular complexity index is 1240. The minimum Gasteiger partial charge on any atom is -0.506 e. The van der Waals surface area contributed by atoms with E-state index < -0.39 is 53.4 Å². The van der Waals surface area contributed by atoms with Gasteiger partial charge in [-0.25, -0.2) is 0 Å². The molecule has 2 amide bonds. The Labute approximate surface area is 269 Å². The van der Waals surface area contributed by atoms with Crippen LogP contribution in [0.1, 0.15) is 44.4 Å². The van der Waals surface area contributed by atoms with Gasteiger partial charge >= 0.3 is 12.1 Å². The topological polar surface area (TPSA) is 108 Å². The molecule has 2 aromatic carbocycles. The Balaban J connectivity index is 2.56. The number of carbonyl (C=O) groups excluding carboxylic acids is 3. The third kappa shape index (κ3) is 9.44. The van der Waals surface area contributed by atoms with E-state index in [1.165, 1.54) is 31.2 Å². The van der Waals surface area contributed by atoms with Crippen molar-refractivity contribution >= 4 is 78.7 Å². The molecule has 0 saturated carbocycles. The molecule has 2 rings (SSSR count). The first-order valence-electron chi connectivity index (χ1n) is 12.2. The van der Waals surface area contributed by atoms with Crippen molar-refractivity contribution in [3.05, 3.63) is 59.1 Å². The molecule has 2 aromatic rings. The predicted molar refractivity (Wildman–Crippen MR) is 163 cm³/mol. The summed E-state index contributed by atoms with van der Waals surface area (Å²) in [5.74, 6) is -8.41. The fourth-order valence-electron chi connectivity index (χ4n) is 3.75. The molecule has 0 aliphatic rings. The van der Waals surface area contributed by atoms with Gasteiger partial charge in [0, 0.05) is 10.5 Å². The van der Waals surface area contributed by atoms with Gasteiger partial charge in [-0.3, -0.25) is 19.7 Å². The van der Waals surface area contributed by atoms with Gasteiger partial charge in [-0.15, -0.1) is 0 Å². The van der Waals surface area contributed by atoms with Gasteiger partial charge in [0.25, 0.3) is 5.91 Å². The maximum Gasteiger partial charge on any atom is 0.455 e. The maximum absolute atomic E-state index is 14.9. The van der Waals surface area contributed by atoms with E-state index in [1.54, 1.807) is 13.8 Å². The number of halogens is 8. The molecule has 0 aliphatic heterocycles. The Hall–Kier alpha value is -1.60. The van der Waals surface area contributed by atoms with Crippen molar-refractivity contribution in [2.45, 2.75) is 69.9 Å². The van der Waals surface area contributed by atoms with Crippen LogP contribution in [0.25, 0.3) is 0 Å². The lowest BCUT2D eigenvalue weighted by atomic mass is 9.96. The molecule has 0 spiro atoms. The monoisotopic (exact) mass is 873 g/mol. The molecule has 0 saturated heterocycles. The number of phenols is 1. The van der Waals surface area contributed by atoms with Crippen LogP contribution in [0.4, 0.5) is 22.0 Å². The van der Waals surface area contributed by atoms with E-state index >= 15 is 0 Å². The number of benzene rings is 2. The molecule has 0 aromatic heterocycles. The summed E-state index contributed by atoms with van der Waals surface area (Å²) in [5, 5.41) is 17.0. The summed E-state index contributed by atoms with van der Waals surface area (Å²) in [5.41, 5.74) is -0.103. The molecule has 0 heterocycles. The van der Waals surface area contributed by atoms with Gasteiger partial charge in [0.15, 0.2) is 0 Å². The van der Waals surface area contributed by atoms with Gasteiger partial charge < -0.3 is 15.7 Å². The standard InChI is InChI=1S/C26H27BrF5I2N3O4/c1-4-18(21(39)24(41)35-12(2)3)37-23(40)19(11-13-9-16(33)20(38)17(34)10-13)36-22(25(28,29)26(30,31)32)14-5-7-15(27)8-6-14/h5-10,12,18-19,22,36,38H,4,11H2,1-3H3,(H,35,41)(H,37,40)/t18-,19-,22-/m0/s1. The zero-order valence-electron chi connectivity index (χ0n) is 21.9. The molecule has 7 nitrogen and oxygen atoms in total. The number of amides is 2. The highest BCUT2D eigenvalue weighted by atomic mass is 127. The minimum absolute atomic E-state index is 0.0489. The van der Waals surface area contributed by atoms with E-state index in [0.29, 0.717) is 17.2 Å². The lowest BCUT2D eigenvalue weighted by Gasteiger charge is -2.33. The van der Waals surface area contributed by atoms with Crippen molar-refractivity contribution in [3.8, 4) is 5.75 Å². The molecule has 0 unspecified atom stereocenters. The van der Waals surface area contributed by atoms with Crippen molar-refractivity contribution in [2.75, 3.05) is 0 Å². The van der Waals surface area contributed by atoms with Crippen LogP contribution in [-0.2, 0) is 20.8 Å². The van der Waals surface area contributed by atoms with E-state index in [4.69, 9.17) is 0 Å². The Morgan fingerprint density at radius 2 is 1.49 bits per heavy atom. The van der Waals surface area contributed by atoms with Crippen LogP contribution in [0.3, 0.4) is 0 Å². The van der Waals surface area contributed by atoms with Crippen LogP contribution in [0.15, 0.2) is 40.9 Å². The summed E-state index contributed by atoms with van der Waals surface area (Å²) in [4.78, 5) is 38.4. The average Bonchev–Trinajstić information content (AvgIpc) is 2.87. The van der Waals surface area contributed by atoms with Crippen molar-refractivity contribution in [1.82, 2.24) is 16.0 Å². The highest BCUT2D eigenvalue weighted by Gasteiger charge is 2.63. The van der Waals surface area contributed by atoms with Gasteiger partial charge in [0.1, 0.15) is 11.8 Å². The van der Waals surface area contributed by atoms with Gasteiger partial charge in [-0.1, -0.05) is 35.0 Å². The lowest BCUT2D eigenvalue weighted by Crippen LogP contribution is -2.57. The third-order valence-corrected chi connectivity index (χ3v) is 8.00. The number of ketones is 1. The summed E-state index contributed by atoms with van der Waals surface area (Å²) in [6, 6.07) is 1.46. The fraction of sp³-hybridized carbons (Fsp3) is 0.423. The molecule has 41 heavy (non-hydrogen) atoms. The summed E-state index contributed by atoms with van der Waals surface area (Å²) in [6.45, 7) is 4.74. The second-order valence-corrected chi connectivity index (χ2v) is 12.6. The highest BCUT2D eigenvalue weighted by Crippen LogP contribution is 2.45. The largest absolute Gasteiger partial charge is 0.506 e. The van der Waals surface area contributed by atoms with Crippen molar-refractivity contribution in [2.24, 2.45) is 0 Å². The summed E-state index contributed by atoms with van der Waals surface area (Å²) >= 11 is 6.74. The fourth-order valence-corrected chi connectivity index (χ4v) is 5.91. The molecule has 0 bridgehead atoms. The number of hydrogen-bond donors (Lipinski definition) is 4. The first-order chi connectivity index (χ1) is 18.9. The van der Waals surface area contributed by atoms with Crippen LogP contribution in [0.2, 0.25) is 0 Å². The third-order valence-electron chi connectivity index (χ3n) is 5.83. The number of nitrogens with one attached hydrogen (secondary N) is 3. The predicted octanol–water partition coefficient (Wildman–Crippen LogP) is 5.79. The minimum atomic E-state index is -5.97. The Morgan fingerprint density at radius 1 is 0.951 bits per heavy atom. The molecular formula is C26H27BrF5I2N3O4. The number of aromatic hydroxyl groups is 1. The smallest absolute Gasteiger partial charge is 0.455 e. The summed E-state index contributed by atoms with van der Waals surface area (Å²) in [7, 11) is 0. The van der Waals surface area contributed by atoms with Gasteiger partial charge in [-0.2, -0.15) is 22.0 Å². The number of Topliss-reactive ketones (excluding diaryl/α,β-unsaturated/α-hetero) is 1. The number of hydrogen-bond acceptors (Lipinski definition) is 5. The molecule has 226 valence electrons. The second-order valence-electron chi connectivity index (χ2n) is 9.40. The summed E-state index contributed by atoms with van der Waals surface area (Å²) in [6.07, 6.45) is -6.41. The van der Waals surface area contributed by atoms with Crippen molar-refractivity contribution in [3.63, 3.8) is 0 Å². The molecule has 0 aliphatic carbocycles. The quantitative estimate of drug-likeness (QED) is 0.123. The second kappa shape index (κ2) is 14.7. The van der Waals surface area contributed by atoms with E-state index in [-0.39, 0.29) is 24.6 Å². The number of carbonyl (C=O) groups is 3. The summed E-state index contributed by atoms with van der Waals surface area (Å²) < 4.78 is 71.9. The van der Waals surface area contributed by atoms with Crippen LogP contribution in [0.5, 0.6) is 5.75 Å². The molecule has 0 fully saturated rings. The Kier molecular flexibility index (Phi) is 12.8. The van der Waals surface area contributed by atoms with Crippen molar-refractivity contribution in [1.29, 1.82) is 0 Å². The van der Waals surface area contributed by atoms with Crippen LogP contribution in [-0.4, -0.2) is 52.9 Å². The first kappa shape index (κ1) is 35.6. The van der Waals surface area contributed by atoms with Crippen LogP contribution in [0, 0.1) is 7.14 Å². The van der Waals surface area contributed by atoms with Crippen LogP contribution >= 0.6 is 61.1 Å². The number of alkyl halides is 5. The van der Waals surface area contributed by atoms with E-state index in [0.717, 1.165) is 12.1 Å². The zero-order valence-corrected chi connectivity index (χ0v) is 27.8. The lowest BCUT2D eigenvalue weighted by molar-refractivity contribution is -0.294. The average molecular weight is 874 g/mol. The molecule has 3 atom stereocenters. The van der Waals surface area contributed by atoms with Crippen molar-refractivity contribution < 1.29 is 41.4 Å². The van der Waals surface area contributed by atoms with Gasteiger partial charge in [0.05, 0.1) is 19.2 Å². The SMILES string of the molecule is CC[C@H](NC(=O)[C@H](Cc1cc(I)c(O)c(I)c1)N[C@@H](c1ccc(Br)cc1)C(F)(F)C(F)(F)F)C(=O)C(=O)NC(C)C. The Morgan fingerprint density at radius 3 is 1.95 bits per heavy atom. The maximum atomic E-state index is 14.9. The highest BCUT2D eigenvalue weighted by molar-refractivity contribution is 14.1. The normalized spacial score (nSPS) is 14.3. The number of rotatable bonds is 12. The zero-order chi connectivity index (χ0) is 31.3. The molecule has 4 N–H and O–H groups in total. The molecule has 0 radical (unpaired) electrons. The van der Waals surface area contributed by atoms with E-state index in [1.807, 2.05) is 45.2 Å². The van der Waals surface area contributed by atoms with Crippen LogP contribution < -0.4 is 16.0 Å². The molecular weight excluding hydrogens is 847 g/mol. The van der Waals surface area contributed by atoms with Gasteiger partial charge in [-0.05, 0) is 107 Å². The number of phenolic OH excluding ortho intramolecular Hbond substituents is 1. The van der Waals surface area contributed by atoms with E-state index in [2.05, 4.69) is 31.9 Å². The first-order valence-corrected chi connectivity index (χ1v) is 15.1.